The Morgan fingerprint density at radius 3 is 2.38 bits per heavy atom. The molecule has 112 valence electrons. The van der Waals surface area contributed by atoms with Crippen molar-refractivity contribution in [3.63, 3.8) is 0 Å². The van der Waals surface area contributed by atoms with E-state index in [4.69, 9.17) is 15.9 Å². The van der Waals surface area contributed by atoms with E-state index in [-0.39, 0.29) is 32.2 Å². The SMILES string of the molecule is Nc1nc(-c2ccccc2)c(C(=O)N(CCO)CCO)s1. The van der Waals surface area contributed by atoms with Gasteiger partial charge in [0.1, 0.15) is 4.88 Å². The van der Waals surface area contributed by atoms with Crippen molar-refractivity contribution in [1.82, 2.24) is 9.88 Å². The van der Waals surface area contributed by atoms with Crippen LogP contribution in [0.2, 0.25) is 0 Å². The van der Waals surface area contributed by atoms with Crippen molar-refractivity contribution >= 4 is 22.4 Å². The number of nitrogens with zero attached hydrogens (tertiary/aromatic N) is 2. The van der Waals surface area contributed by atoms with Crippen LogP contribution in [0.4, 0.5) is 5.13 Å². The minimum absolute atomic E-state index is 0.158. The molecule has 0 saturated heterocycles. The average molecular weight is 307 g/mol. The Morgan fingerprint density at radius 2 is 1.81 bits per heavy atom. The predicted molar refractivity (Wildman–Crippen MR) is 82.0 cm³/mol. The molecule has 4 N–H and O–H groups in total. The van der Waals surface area contributed by atoms with E-state index in [1.807, 2.05) is 30.3 Å². The summed E-state index contributed by atoms with van der Waals surface area (Å²) in [6, 6.07) is 9.31. The molecule has 7 heteroatoms. The molecule has 1 aromatic heterocycles. The van der Waals surface area contributed by atoms with Gasteiger partial charge in [0.15, 0.2) is 5.13 Å². The second-order valence-corrected chi connectivity index (χ2v) is 5.37. The third kappa shape index (κ3) is 3.57. The number of nitrogens with two attached hydrogens (primary N) is 1. The van der Waals surface area contributed by atoms with Gasteiger partial charge in [-0.3, -0.25) is 4.79 Å². The Labute approximate surface area is 126 Å². The highest BCUT2D eigenvalue weighted by atomic mass is 32.1. The Kier molecular flexibility index (Phi) is 5.26. The van der Waals surface area contributed by atoms with Gasteiger partial charge in [-0.05, 0) is 0 Å². The van der Waals surface area contributed by atoms with Gasteiger partial charge in [-0.15, -0.1) is 0 Å². The van der Waals surface area contributed by atoms with E-state index in [9.17, 15) is 4.79 Å². The topological polar surface area (TPSA) is 99.7 Å². The number of amides is 1. The first-order valence-electron chi connectivity index (χ1n) is 6.50. The Morgan fingerprint density at radius 1 is 1.19 bits per heavy atom. The molecule has 0 unspecified atom stereocenters. The lowest BCUT2D eigenvalue weighted by atomic mass is 10.1. The van der Waals surface area contributed by atoms with Crippen LogP contribution in [0.3, 0.4) is 0 Å². The molecule has 0 spiro atoms. The van der Waals surface area contributed by atoms with E-state index in [2.05, 4.69) is 4.98 Å². The van der Waals surface area contributed by atoms with E-state index in [1.54, 1.807) is 0 Å². The van der Waals surface area contributed by atoms with Crippen LogP contribution >= 0.6 is 11.3 Å². The number of nitrogen functional groups attached to an aromatic ring is 1. The van der Waals surface area contributed by atoms with Crippen molar-refractivity contribution in [2.24, 2.45) is 0 Å². The molecular weight excluding hydrogens is 290 g/mol. The Hall–Kier alpha value is -1.96. The second-order valence-electron chi connectivity index (χ2n) is 4.34. The number of thiazole rings is 1. The molecule has 0 saturated carbocycles. The van der Waals surface area contributed by atoms with Gasteiger partial charge in [-0.25, -0.2) is 4.98 Å². The summed E-state index contributed by atoms with van der Waals surface area (Å²) in [6.45, 7) is -0.0156. The van der Waals surface area contributed by atoms with E-state index in [0.717, 1.165) is 16.9 Å². The van der Waals surface area contributed by atoms with Crippen molar-refractivity contribution in [3.8, 4) is 11.3 Å². The van der Waals surface area contributed by atoms with Gasteiger partial charge in [-0.1, -0.05) is 41.7 Å². The molecule has 1 amide bonds. The van der Waals surface area contributed by atoms with Crippen LogP contribution in [-0.4, -0.2) is 52.3 Å². The van der Waals surface area contributed by atoms with Crippen LogP contribution < -0.4 is 5.73 Å². The standard InChI is InChI=1S/C14H17N3O3S/c15-14-16-11(10-4-2-1-3-5-10)12(21-14)13(20)17(6-8-18)7-9-19/h1-5,18-19H,6-9H2,(H2,15,16). The largest absolute Gasteiger partial charge is 0.395 e. The molecule has 0 atom stereocenters. The number of aliphatic hydroxyl groups excluding tert-OH is 2. The number of carbonyl (C=O) groups excluding carboxylic acids is 1. The van der Waals surface area contributed by atoms with E-state index in [1.165, 1.54) is 4.90 Å². The minimum atomic E-state index is -0.286. The molecular formula is C14H17N3O3S. The van der Waals surface area contributed by atoms with Crippen LogP contribution in [0, 0.1) is 0 Å². The highest BCUT2D eigenvalue weighted by Crippen LogP contribution is 2.30. The zero-order valence-electron chi connectivity index (χ0n) is 11.4. The molecule has 1 heterocycles. The Bertz CT molecular complexity index is 595. The average Bonchev–Trinajstić information content (AvgIpc) is 2.89. The first-order chi connectivity index (χ1) is 10.2. The van der Waals surface area contributed by atoms with Crippen molar-refractivity contribution in [2.75, 3.05) is 32.0 Å². The molecule has 0 radical (unpaired) electrons. The van der Waals surface area contributed by atoms with Gasteiger partial charge >= 0.3 is 0 Å². The van der Waals surface area contributed by atoms with Crippen molar-refractivity contribution in [1.29, 1.82) is 0 Å². The summed E-state index contributed by atoms with van der Waals surface area (Å²) >= 11 is 1.11. The quantitative estimate of drug-likeness (QED) is 0.733. The summed E-state index contributed by atoms with van der Waals surface area (Å²) in [7, 11) is 0. The fraction of sp³-hybridized carbons (Fsp3) is 0.286. The fourth-order valence-electron chi connectivity index (χ4n) is 1.97. The molecule has 0 fully saturated rings. The molecule has 2 aromatic rings. The maximum Gasteiger partial charge on any atom is 0.266 e. The summed E-state index contributed by atoms with van der Waals surface area (Å²) in [5, 5.41) is 18.4. The molecule has 6 nitrogen and oxygen atoms in total. The van der Waals surface area contributed by atoms with Crippen LogP contribution in [0.15, 0.2) is 30.3 Å². The molecule has 0 aliphatic rings. The van der Waals surface area contributed by atoms with Gasteiger partial charge in [0.25, 0.3) is 5.91 Å². The monoisotopic (exact) mass is 307 g/mol. The Balaban J connectivity index is 2.37. The summed E-state index contributed by atoms with van der Waals surface area (Å²) in [5.41, 5.74) is 7.08. The number of carbonyl (C=O) groups is 1. The fourth-order valence-corrected chi connectivity index (χ4v) is 2.80. The summed E-state index contributed by atoms with van der Waals surface area (Å²) in [6.07, 6.45) is 0. The minimum Gasteiger partial charge on any atom is -0.395 e. The zero-order valence-corrected chi connectivity index (χ0v) is 12.2. The third-order valence-electron chi connectivity index (χ3n) is 2.91. The lowest BCUT2D eigenvalue weighted by molar-refractivity contribution is 0.0690. The van der Waals surface area contributed by atoms with Gasteiger partial charge in [0.05, 0.1) is 18.9 Å². The normalized spacial score (nSPS) is 10.6. The predicted octanol–water partition coefficient (Wildman–Crippen LogP) is 0.819. The van der Waals surface area contributed by atoms with Crippen LogP contribution in [-0.2, 0) is 0 Å². The second kappa shape index (κ2) is 7.16. The summed E-state index contributed by atoms with van der Waals surface area (Å²) in [4.78, 5) is 18.6. The molecule has 1 aromatic carbocycles. The molecule has 0 aliphatic carbocycles. The molecule has 0 aliphatic heterocycles. The van der Waals surface area contributed by atoms with E-state index < -0.39 is 0 Å². The molecule has 0 bridgehead atoms. The number of rotatable bonds is 6. The smallest absolute Gasteiger partial charge is 0.266 e. The molecule has 2 rings (SSSR count). The van der Waals surface area contributed by atoms with E-state index in [0.29, 0.717) is 15.7 Å². The van der Waals surface area contributed by atoms with Crippen LogP contribution in [0.5, 0.6) is 0 Å². The van der Waals surface area contributed by atoms with Gasteiger partial charge in [0.2, 0.25) is 0 Å². The lowest BCUT2D eigenvalue weighted by Crippen LogP contribution is -2.35. The first-order valence-corrected chi connectivity index (χ1v) is 7.31. The first kappa shape index (κ1) is 15.4. The molecule has 21 heavy (non-hydrogen) atoms. The number of aromatic nitrogens is 1. The maximum atomic E-state index is 12.6. The number of benzene rings is 1. The highest BCUT2D eigenvalue weighted by molar-refractivity contribution is 7.17. The number of hydrogen-bond donors (Lipinski definition) is 3. The maximum absolute atomic E-state index is 12.6. The number of hydrogen-bond acceptors (Lipinski definition) is 6. The summed E-state index contributed by atoms with van der Waals surface area (Å²) < 4.78 is 0. The van der Waals surface area contributed by atoms with Crippen molar-refractivity contribution in [2.45, 2.75) is 0 Å². The van der Waals surface area contributed by atoms with Crippen molar-refractivity contribution in [3.05, 3.63) is 35.2 Å². The van der Waals surface area contributed by atoms with E-state index >= 15 is 0 Å². The van der Waals surface area contributed by atoms with Crippen LogP contribution in [0.25, 0.3) is 11.3 Å². The van der Waals surface area contributed by atoms with Gasteiger partial charge < -0.3 is 20.8 Å². The highest BCUT2D eigenvalue weighted by Gasteiger charge is 2.23. The van der Waals surface area contributed by atoms with Crippen LogP contribution in [0.1, 0.15) is 9.67 Å². The number of anilines is 1. The summed E-state index contributed by atoms with van der Waals surface area (Å²) in [5.74, 6) is -0.286. The van der Waals surface area contributed by atoms with Gasteiger partial charge in [-0.2, -0.15) is 0 Å². The lowest BCUT2D eigenvalue weighted by Gasteiger charge is -2.20. The number of aliphatic hydroxyl groups is 2. The zero-order chi connectivity index (χ0) is 15.2. The van der Waals surface area contributed by atoms with Gasteiger partial charge in [0, 0.05) is 18.7 Å². The van der Waals surface area contributed by atoms with Crippen molar-refractivity contribution < 1.29 is 15.0 Å². The third-order valence-corrected chi connectivity index (χ3v) is 3.78.